The zero-order valence-electron chi connectivity index (χ0n) is 12.7. The van der Waals surface area contributed by atoms with Gasteiger partial charge in [0, 0.05) is 0 Å². The fourth-order valence-electron chi connectivity index (χ4n) is 3.11. The van der Waals surface area contributed by atoms with Crippen molar-refractivity contribution in [2.75, 3.05) is 5.01 Å². The highest BCUT2D eigenvalue weighted by atomic mass is 16.5. The monoisotopic (exact) mass is 294 g/mol. The first-order chi connectivity index (χ1) is 10.6. The lowest BCUT2D eigenvalue weighted by atomic mass is 9.94. The molecule has 1 amide bonds. The van der Waals surface area contributed by atoms with Gasteiger partial charge < -0.3 is 4.74 Å². The molecule has 2 aromatic carbocycles. The normalized spacial score (nSPS) is 23.0. The summed E-state index contributed by atoms with van der Waals surface area (Å²) in [4.78, 5) is 12.7. The summed E-state index contributed by atoms with van der Waals surface area (Å²) in [5.74, 6) is 0.769. The van der Waals surface area contributed by atoms with Gasteiger partial charge in [-0.05, 0) is 55.2 Å². The number of hydrogen-bond donors (Lipinski definition) is 1. The Morgan fingerprint density at radius 1 is 1.14 bits per heavy atom. The molecule has 2 aromatic rings. The maximum absolute atomic E-state index is 12.7. The molecular formula is C18H18N2O2. The molecule has 0 aromatic heterocycles. The van der Waals surface area contributed by atoms with Crippen LogP contribution in [0, 0.1) is 19.8 Å². The molecule has 2 atom stereocenters. The summed E-state index contributed by atoms with van der Waals surface area (Å²) >= 11 is 0. The third kappa shape index (κ3) is 1.99. The highest BCUT2D eigenvalue weighted by molar-refractivity contribution is 5.97. The molecule has 2 aliphatic heterocycles. The van der Waals surface area contributed by atoms with E-state index in [1.165, 1.54) is 11.1 Å². The van der Waals surface area contributed by atoms with Crippen LogP contribution in [0.15, 0.2) is 42.5 Å². The molecule has 2 aliphatic rings. The number of hydrogen-bond acceptors (Lipinski definition) is 3. The van der Waals surface area contributed by atoms with Crippen LogP contribution in [0.4, 0.5) is 5.69 Å². The fraction of sp³-hybridized carbons (Fsp3) is 0.278. The van der Waals surface area contributed by atoms with Crippen LogP contribution >= 0.6 is 0 Å². The number of carbonyl (C=O) groups is 1. The highest BCUT2D eigenvalue weighted by Gasteiger charge is 2.45. The van der Waals surface area contributed by atoms with Gasteiger partial charge in [0.15, 0.2) is 6.23 Å². The van der Waals surface area contributed by atoms with Crippen molar-refractivity contribution in [3.63, 3.8) is 0 Å². The van der Waals surface area contributed by atoms with E-state index < -0.39 is 0 Å². The van der Waals surface area contributed by atoms with Crippen molar-refractivity contribution in [3.05, 3.63) is 59.2 Å². The third-order valence-electron chi connectivity index (χ3n) is 4.57. The molecule has 1 N–H and O–H groups in total. The molecule has 22 heavy (non-hydrogen) atoms. The number of para-hydroxylation sites is 1. The number of rotatable bonds is 1. The largest absolute Gasteiger partial charge is 0.473 e. The van der Waals surface area contributed by atoms with E-state index in [0.717, 1.165) is 17.0 Å². The van der Waals surface area contributed by atoms with Gasteiger partial charge in [-0.1, -0.05) is 24.3 Å². The second-order valence-corrected chi connectivity index (χ2v) is 6.03. The number of nitrogens with one attached hydrogen (secondary N) is 1. The van der Waals surface area contributed by atoms with E-state index in [0.29, 0.717) is 6.42 Å². The van der Waals surface area contributed by atoms with E-state index in [9.17, 15) is 4.79 Å². The van der Waals surface area contributed by atoms with Crippen molar-refractivity contribution in [1.82, 2.24) is 5.43 Å². The van der Waals surface area contributed by atoms with Gasteiger partial charge in [-0.25, -0.2) is 5.01 Å². The topological polar surface area (TPSA) is 41.6 Å². The standard InChI is InChI=1S/C18H18N2O2/c1-11-7-8-14(9-12(11)2)20-18(21)15-10-13-5-3-4-6-16(13)22-17(15)19-20/h3-9,15,17,19H,10H2,1-2H3. The van der Waals surface area contributed by atoms with Crippen LogP contribution in [0.25, 0.3) is 0 Å². The van der Waals surface area contributed by atoms with E-state index in [1.807, 2.05) is 42.5 Å². The van der Waals surface area contributed by atoms with E-state index in [4.69, 9.17) is 4.74 Å². The summed E-state index contributed by atoms with van der Waals surface area (Å²) in [7, 11) is 0. The van der Waals surface area contributed by atoms with Gasteiger partial charge in [-0.15, -0.1) is 0 Å². The Bertz CT molecular complexity index is 757. The summed E-state index contributed by atoms with van der Waals surface area (Å²) in [6, 6.07) is 14.0. The van der Waals surface area contributed by atoms with Crippen LogP contribution in [0.1, 0.15) is 16.7 Å². The average molecular weight is 294 g/mol. The smallest absolute Gasteiger partial charge is 0.250 e. The van der Waals surface area contributed by atoms with Gasteiger partial charge >= 0.3 is 0 Å². The first kappa shape index (κ1) is 13.3. The molecule has 0 radical (unpaired) electrons. The minimum absolute atomic E-state index is 0.0720. The molecule has 0 bridgehead atoms. The van der Waals surface area contributed by atoms with Crippen LogP contribution in [0.2, 0.25) is 0 Å². The van der Waals surface area contributed by atoms with E-state index >= 15 is 0 Å². The van der Waals surface area contributed by atoms with Crippen LogP contribution < -0.4 is 15.2 Å². The van der Waals surface area contributed by atoms with Gasteiger partial charge in [-0.2, -0.15) is 5.43 Å². The predicted octanol–water partition coefficient (Wildman–Crippen LogP) is 2.73. The van der Waals surface area contributed by atoms with E-state index in [2.05, 4.69) is 19.3 Å². The summed E-state index contributed by atoms with van der Waals surface area (Å²) < 4.78 is 5.96. The molecule has 112 valence electrons. The zero-order chi connectivity index (χ0) is 15.3. The van der Waals surface area contributed by atoms with Crippen molar-refractivity contribution < 1.29 is 9.53 Å². The van der Waals surface area contributed by atoms with Crippen molar-refractivity contribution in [3.8, 4) is 5.75 Å². The number of hydrazine groups is 1. The zero-order valence-corrected chi connectivity index (χ0v) is 12.7. The lowest BCUT2D eigenvalue weighted by molar-refractivity contribution is -0.121. The first-order valence-electron chi connectivity index (χ1n) is 7.55. The maximum atomic E-state index is 12.7. The number of anilines is 1. The van der Waals surface area contributed by atoms with Gasteiger partial charge in [0.05, 0.1) is 11.6 Å². The molecule has 4 heteroatoms. The van der Waals surface area contributed by atoms with Crippen molar-refractivity contribution in [2.24, 2.45) is 5.92 Å². The average Bonchev–Trinajstić information content (AvgIpc) is 2.84. The number of nitrogens with zero attached hydrogens (tertiary/aromatic N) is 1. The van der Waals surface area contributed by atoms with Gasteiger partial charge in [0.25, 0.3) is 0 Å². The number of amides is 1. The van der Waals surface area contributed by atoms with E-state index in [1.54, 1.807) is 5.01 Å². The van der Waals surface area contributed by atoms with Gasteiger partial charge in [-0.3, -0.25) is 4.79 Å². The van der Waals surface area contributed by atoms with Gasteiger partial charge in [0.2, 0.25) is 5.91 Å². The molecule has 4 nitrogen and oxygen atoms in total. The number of aryl methyl sites for hydroxylation is 2. The highest BCUT2D eigenvalue weighted by Crippen LogP contribution is 2.35. The molecule has 0 aliphatic carbocycles. The number of carbonyl (C=O) groups excluding carboxylic acids is 1. The lowest BCUT2D eigenvalue weighted by Crippen LogP contribution is -2.41. The molecule has 1 fully saturated rings. The van der Waals surface area contributed by atoms with E-state index in [-0.39, 0.29) is 18.1 Å². The Kier molecular flexibility index (Phi) is 2.94. The molecule has 1 saturated heterocycles. The van der Waals surface area contributed by atoms with Crippen LogP contribution in [-0.4, -0.2) is 12.1 Å². The van der Waals surface area contributed by atoms with Crippen molar-refractivity contribution in [1.29, 1.82) is 0 Å². The summed E-state index contributed by atoms with van der Waals surface area (Å²) in [5.41, 5.74) is 7.57. The summed E-state index contributed by atoms with van der Waals surface area (Å²) in [5, 5.41) is 1.63. The second-order valence-electron chi connectivity index (χ2n) is 6.03. The van der Waals surface area contributed by atoms with Crippen LogP contribution in [0.3, 0.4) is 0 Å². The molecule has 2 heterocycles. The maximum Gasteiger partial charge on any atom is 0.250 e. The van der Waals surface area contributed by atoms with Crippen molar-refractivity contribution >= 4 is 11.6 Å². The third-order valence-corrected chi connectivity index (χ3v) is 4.57. The minimum Gasteiger partial charge on any atom is -0.473 e. The SMILES string of the molecule is Cc1ccc(N2NC3Oc4ccccc4CC3C2=O)cc1C. The predicted molar refractivity (Wildman–Crippen MR) is 84.6 cm³/mol. The number of benzene rings is 2. The molecule has 4 rings (SSSR count). The summed E-state index contributed by atoms with van der Waals surface area (Å²) in [6.45, 7) is 4.12. The molecular weight excluding hydrogens is 276 g/mol. The Morgan fingerprint density at radius 3 is 2.77 bits per heavy atom. The number of ether oxygens (including phenoxy) is 1. The molecule has 2 unspecified atom stereocenters. The Morgan fingerprint density at radius 2 is 1.95 bits per heavy atom. The molecule has 0 saturated carbocycles. The lowest BCUT2D eigenvalue weighted by Gasteiger charge is -2.26. The second kappa shape index (κ2) is 4.85. The van der Waals surface area contributed by atoms with Gasteiger partial charge in [0.1, 0.15) is 5.75 Å². The fourth-order valence-corrected chi connectivity index (χ4v) is 3.11. The quantitative estimate of drug-likeness (QED) is 0.879. The van der Waals surface area contributed by atoms with Crippen LogP contribution in [0.5, 0.6) is 5.75 Å². The Labute approximate surface area is 129 Å². The molecule has 0 spiro atoms. The first-order valence-corrected chi connectivity index (χ1v) is 7.55. The Hall–Kier alpha value is -2.33. The number of fused-ring (bicyclic) bond motifs is 2. The van der Waals surface area contributed by atoms with Crippen molar-refractivity contribution in [2.45, 2.75) is 26.5 Å². The minimum atomic E-state index is -0.288. The van der Waals surface area contributed by atoms with Crippen LogP contribution in [-0.2, 0) is 11.2 Å². The Balaban J connectivity index is 1.65. The summed E-state index contributed by atoms with van der Waals surface area (Å²) in [6.07, 6.45) is 0.428.